The fraction of sp³-hybridized carbons (Fsp3) is 0.750. The normalized spacial score (nSPS) is 11.1. The second-order valence-electron chi connectivity index (χ2n) is 2.03. The Balaban J connectivity index is 3.44. The summed E-state index contributed by atoms with van der Waals surface area (Å²) >= 11 is 7.83. The van der Waals surface area contributed by atoms with Crippen LogP contribution < -0.4 is 10.0 Å². The molecule has 0 aliphatic carbocycles. The van der Waals surface area contributed by atoms with Gasteiger partial charge >= 0.3 is 6.03 Å². The summed E-state index contributed by atoms with van der Waals surface area (Å²) < 4.78 is 2.52. The van der Waals surface area contributed by atoms with Crippen LogP contribution in [0.25, 0.3) is 0 Å². The van der Waals surface area contributed by atoms with Gasteiger partial charge in [0.25, 0.3) is 0 Å². The Bertz CT molecular complexity index is 105. The molecular formula is C4H12N2OS3. The quantitative estimate of drug-likeness (QED) is 0.338. The number of hydrogen-bond donors (Lipinski definition) is 5. The SMILES string of the molecule is CC(C)NC(=O)N[SH](S)S. The topological polar surface area (TPSA) is 41.1 Å². The van der Waals surface area contributed by atoms with E-state index in [-0.39, 0.29) is 12.1 Å². The van der Waals surface area contributed by atoms with Crippen molar-refractivity contribution in [3.8, 4) is 0 Å². The minimum absolute atomic E-state index is 0.150. The second kappa shape index (κ2) is 5.03. The molecule has 62 valence electrons. The molecule has 0 fully saturated rings. The predicted octanol–water partition coefficient (Wildman–Crippen LogP) is 1.30. The predicted molar refractivity (Wildman–Crippen MR) is 53.8 cm³/mol. The first-order valence-corrected chi connectivity index (χ1v) is 6.42. The summed E-state index contributed by atoms with van der Waals surface area (Å²) in [5.41, 5.74) is 0. The zero-order valence-electron chi connectivity index (χ0n) is 5.83. The van der Waals surface area contributed by atoms with Crippen molar-refractivity contribution in [2.24, 2.45) is 0 Å². The van der Waals surface area contributed by atoms with Crippen LogP contribution >= 0.6 is 32.5 Å². The molecular weight excluding hydrogens is 188 g/mol. The molecule has 0 rings (SSSR count). The largest absolute Gasteiger partial charge is 0.335 e. The number of urea groups is 1. The minimum Gasteiger partial charge on any atom is -0.335 e. The monoisotopic (exact) mass is 200 g/mol. The summed E-state index contributed by atoms with van der Waals surface area (Å²) in [7, 11) is -0.944. The van der Waals surface area contributed by atoms with Crippen LogP contribution in [0.1, 0.15) is 13.8 Å². The molecule has 0 atom stereocenters. The lowest BCUT2D eigenvalue weighted by Crippen LogP contribution is -2.36. The number of rotatable bonds is 2. The lowest BCUT2D eigenvalue weighted by Gasteiger charge is -2.12. The molecule has 0 aromatic rings. The van der Waals surface area contributed by atoms with Crippen LogP contribution in [0.2, 0.25) is 0 Å². The van der Waals surface area contributed by atoms with Crippen molar-refractivity contribution in [1.82, 2.24) is 10.0 Å². The minimum atomic E-state index is -0.944. The van der Waals surface area contributed by atoms with Gasteiger partial charge in [0.2, 0.25) is 0 Å². The molecule has 0 bridgehead atoms. The summed E-state index contributed by atoms with van der Waals surface area (Å²) in [6, 6.07) is -0.0669. The van der Waals surface area contributed by atoms with Crippen LogP contribution in [0.15, 0.2) is 0 Å². The van der Waals surface area contributed by atoms with Crippen molar-refractivity contribution in [2.75, 3.05) is 0 Å². The average Bonchev–Trinajstić information content (AvgIpc) is 1.58. The summed E-state index contributed by atoms with van der Waals surface area (Å²) in [5, 5.41) is 2.64. The average molecular weight is 200 g/mol. The molecule has 0 saturated heterocycles. The summed E-state index contributed by atoms with van der Waals surface area (Å²) in [6.45, 7) is 3.78. The molecule has 0 aliphatic rings. The van der Waals surface area contributed by atoms with Gasteiger partial charge in [0.05, 0.1) is 0 Å². The highest BCUT2D eigenvalue weighted by molar-refractivity contribution is 9.08. The van der Waals surface area contributed by atoms with Gasteiger partial charge in [0, 0.05) is 6.04 Å². The van der Waals surface area contributed by atoms with Crippen LogP contribution in [0.3, 0.4) is 0 Å². The number of amides is 2. The highest BCUT2D eigenvalue weighted by Gasteiger charge is 2.01. The molecule has 0 aliphatic heterocycles. The maximum Gasteiger partial charge on any atom is 0.324 e. The smallest absolute Gasteiger partial charge is 0.324 e. The van der Waals surface area contributed by atoms with E-state index in [9.17, 15) is 4.79 Å². The van der Waals surface area contributed by atoms with Gasteiger partial charge in [-0.3, -0.25) is 4.72 Å². The number of carbonyl (C=O) groups is 1. The van der Waals surface area contributed by atoms with Gasteiger partial charge in [-0.25, -0.2) is 4.79 Å². The van der Waals surface area contributed by atoms with Gasteiger partial charge < -0.3 is 5.32 Å². The maximum absolute atomic E-state index is 10.8. The lowest BCUT2D eigenvalue weighted by molar-refractivity contribution is 0.244. The zero-order valence-corrected chi connectivity index (χ0v) is 8.51. The summed E-state index contributed by atoms with van der Waals surface area (Å²) in [5.74, 6) is 0. The van der Waals surface area contributed by atoms with Gasteiger partial charge in [-0.05, 0) is 13.8 Å². The van der Waals surface area contributed by atoms with Crippen molar-refractivity contribution in [3.63, 3.8) is 0 Å². The van der Waals surface area contributed by atoms with Gasteiger partial charge in [-0.1, -0.05) is 9.15 Å². The third-order valence-electron chi connectivity index (χ3n) is 0.621. The van der Waals surface area contributed by atoms with E-state index in [0.717, 1.165) is 0 Å². The number of carbonyl (C=O) groups excluding carboxylic acids is 1. The van der Waals surface area contributed by atoms with E-state index in [1.54, 1.807) is 0 Å². The maximum atomic E-state index is 10.8. The van der Waals surface area contributed by atoms with Crippen molar-refractivity contribution >= 4 is 38.5 Å². The Morgan fingerprint density at radius 3 is 2.30 bits per heavy atom. The van der Waals surface area contributed by atoms with Gasteiger partial charge in [-0.2, -0.15) is 0 Å². The Labute approximate surface area is 73.4 Å². The van der Waals surface area contributed by atoms with Gasteiger partial charge in [0.1, 0.15) is 0 Å². The first-order chi connectivity index (χ1) is 4.52. The van der Waals surface area contributed by atoms with E-state index in [1.807, 2.05) is 13.8 Å². The van der Waals surface area contributed by atoms with Crippen LogP contribution in [-0.2, 0) is 0 Å². The first-order valence-electron chi connectivity index (χ1n) is 2.77. The molecule has 10 heavy (non-hydrogen) atoms. The van der Waals surface area contributed by atoms with Crippen LogP contribution in [0.4, 0.5) is 4.79 Å². The van der Waals surface area contributed by atoms with E-state index in [2.05, 4.69) is 33.4 Å². The van der Waals surface area contributed by atoms with E-state index in [1.165, 1.54) is 0 Å². The second-order valence-corrected chi connectivity index (χ2v) is 6.18. The van der Waals surface area contributed by atoms with Crippen molar-refractivity contribution in [3.05, 3.63) is 0 Å². The highest BCUT2D eigenvalue weighted by Crippen LogP contribution is 2.28. The molecule has 0 spiro atoms. The Morgan fingerprint density at radius 1 is 1.50 bits per heavy atom. The molecule has 3 nitrogen and oxygen atoms in total. The van der Waals surface area contributed by atoms with Crippen molar-refractivity contribution < 1.29 is 4.79 Å². The summed E-state index contributed by atoms with van der Waals surface area (Å²) in [6.07, 6.45) is 0. The van der Waals surface area contributed by atoms with Crippen LogP contribution in [0, 0.1) is 0 Å². The molecule has 2 amide bonds. The van der Waals surface area contributed by atoms with Crippen LogP contribution in [0.5, 0.6) is 0 Å². The van der Waals surface area contributed by atoms with Gasteiger partial charge in [0.15, 0.2) is 0 Å². The number of thiol groups is 3. The van der Waals surface area contributed by atoms with Crippen molar-refractivity contribution in [1.29, 1.82) is 0 Å². The Morgan fingerprint density at radius 2 is 2.00 bits per heavy atom. The molecule has 0 unspecified atom stereocenters. The van der Waals surface area contributed by atoms with Gasteiger partial charge in [-0.15, -0.1) is 23.3 Å². The fourth-order valence-corrected chi connectivity index (χ4v) is 1.18. The standard InChI is InChI=1S/C4H12N2OS3/c1-3(2)5-4(7)6-10(8)9/h3,8-10H,1-2H3,(H2,5,6,7). The Kier molecular flexibility index (Phi) is 5.20. The molecule has 0 saturated carbocycles. The molecule has 0 aromatic carbocycles. The van der Waals surface area contributed by atoms with Crippen molar-refractivity contribution in [2.45, 2.75) is 19.9 Å². The van der Waals surface area contributed by atoms with Crippen LogP contribution in [-0.4, -0.2) is 12.1 Å². The first kappa shape index (κ1) is 10.3. The van der Waals surface area contributed by atoms with E-state index in [4.69, 9.17) is 0 Å². The summed E-state index contributed by atoms with van der Waals surface area (Å²) in [4.78, 5) is 10.8. The lowest BCUT2D eigenvalue weighted by atomic mass is 10.4. The van der Waals surface area contributed by atoms with E-state index in [0.29, 0.717) is 0 Å². The molecule has 6 heteroatoms. The number of nitrogens with one attached hydrogen (secondary N) is 2. The Hall–Kier alpha value is 0.320. The highest BCUT2D eigenvalue weighted by atomic mass is 33.5. The molecule has 2 N–H and O–H groups in total. The third-order valence-corrected chi connectivity index (χ3v) is 1.62. The zero-order chi connectivity index (χ0) is 8.15. The fourth-order valence-electron chi connectivity index (χ4n) is 0.385. The van der Waals surface area contributed by atoms with E-state index >= 15 is 0 Å². The molecule has 0 heterocycles. The molecule has 0 aromatic heterocycles. The number of hydrogen-bond acceptors (Lipinski definition) is 3. The van der Waals surface area contributed by atoms with E-state index < -0.39 is 9.15 Å². The third kappa shape index (κ3) is 6.44. The molecule has 0 radical (unpaired) electrons.